The predicted molar refractivity (Wildman–Crippen MR) is 61.2 cm³/mol. The number of amides is 1. The molecule has 0 spiro atoms. The zero-order valence-electron chi connectivity index (χ0n) is 9.45. The second-order valence-electron chi connectivity index (χ2n) is 4.78. The number of aliphatic imine (C=N–C) groups is 2. The van der Waals surface area contributed by atoms with Gasteiger partial charge in [-0.25, -0.2) is 4.99 Å². The molecule has 1 fully saturated rings. The second-order valence-corrected chi connectivity index (χ2v) is 4.78. The molecule has 2 heterocycles. The van der Waals surface area contributed by atoms with Gasteiger partial charge in [0.1, 0.15) is 0 Å². The van der Waals surface area contributed by atoms with Gasteiger partial charge in [-0.15, -0.1) is 0 Å². The topological polar surface area (TPSA) is 103 Å². The molecule has 92 valence electrons. The van der Waals surface area contributed by atoms with Gasteiger partial charge in [-0.2, -0.15) is 0 Å². The van der Waals surface area contributed by atoms with Crippen molar-refractivity contribution < 1.29 is 9.90 Å². The summed E-state index contributed by atoms with van der Waals surface area (Å²) in [4.78, 5) is 21.9. The minimum absolute atomic E-state index is 0.140. The van der Waals surface area contributed by atoms with Crippen molar-refractivity contribution in [2.75, 3.05) is 0 Å². The van der Waals surface area contributed by atoms with Crippen molar-refractivity contribution >= 4 is 18.2 Å². The number of nitrogens with one attached hydrogen (secondary N) is 1. The molecular weight excluding hydrogens is 222 g/mol. The van der Waals surface area contributed by atoms with Gasteiger partial charge in [-0.05, 0) is 13.3 Å². The van der Waals surface area contributed by atoms with Crippen molar-refractivity contribution in [3.8, 4) is 0 Å². The molecule has 1 amide bonds. The minimum atomic E-state index is -0.502. The van der Waals surface area contributed by atoms with Crippen LogP contribution in [0.15, 0.2) is 9.98 Å². The molecule has 5 unspecified atom stereocenters. The van der Waals surface area contributed by atoms with Crippen LogP contribution < -0.4 is 11.1 Å². The maximum absolute atomic E-state index is 11.6. The van der Waals surface area contributed by atoms with E-state index in [9.17, 15) is 9.90 Å². The maximum Gasteiger partial charge on any atom is 0.255 e. The van der Waals surface area contributed by atoms with E-state index in [1.807, 2.05) is 4.90 Å². The van der Waals surface area contributed by atoms with Gasteiger partial charge in [0.2, 0.25) is 0 Å². The minimum Gasteiger partial charge on any atom is -0.393 e. The van der Waals surface area contributed by atoms with E-state index < -0.39 is 6.04 Å². The molecule has 0 radical (unpaired) electrons. The summed E-state index contributed by atoms with van der Waals surface area (Å²) in [5.41, 5.74) is 5.54. The van der Waals surface area contributed by atoms with E-state index in [1.54, 1.807) is 13.3 Å². The van der Waals surface area contributed by atoms with Crippen LogP contribution in [0.2, 0.25) is 0 Å². The Morgan fingerprint density at radius 2 is 2.47 bits per heavy atom. The smallest absolute Gasteiger partial charge is 0.255 e. The summed E-state index contributed by atoms with van der Waals surface area (Å²) in [6.07, 6.45) is 1.89. The zero-order valence-corrected chi connectivity index (χ0v) is 9.45. The molecule has 0 aromatic carbocycles. The normalized spacial score (nSPS) is 40.7. The molecule has 17 heavy (non-hydrogen) atoms. The number of aliphatic hydroxyl groups excluding tert-OH is 1. The lowest BCUT2D eigenvalue weighted by atomic mass is 10.2. The molecule has 7 nitrogen and oxygen atoms in total. The SMILES string of the molecule is CC(O)C1CC1N1C=NC2C(=O)NC(N)=NC21. The van der Waals surface area contributed by atoms with Crippen molar-refractivity contribution in [3.05, 3.63) is 0 Å². The number of guanidine groups is 1. The summed E-state index contributed by atoms with van der Waals surface area (Å²) >= 11 is 0. The number of carbonyl (C=O) groups is 1. The summed E-state index contributed by atoms with van der Waals surface area (Å²) in [5, 5.41) is 12.0. The average Bonchev–Trinajstić information content (AvgIpc) is 2.93. The lowest BCUT2D eigenvalue weighted by molar-refractivity contribution is -0.122. The first-order valence-electron chi connectivity index (χ1n) is 5.71. The summed E-state index contributed by atoms with van der Waals surface area (Å²) < 4.78 is 0. The van der Waals surface area contributed by atoms with Gasteiger partial charge < -0.3 is 15.7 Å². The van der Waals surface area contributed by atoms with Crippen molar-refractivity contribution in [1.29, 1.82) is 0 Å². The molecule has 3 rings (SSSR count). The fraction of sp³-hybridized carbons (Fsp3) is 0.700. The van der Waals surface area contributed by atoms with Crippen LogP contribution in [0.1, 0.15) is 13.3 Å². The molecule has 2 aliphatic heterocycles. The van der Waals surface area contributed by atoms with Gasteiger partial charge in [0.25, 0.3) is 5.91 Å². The van der Waals surface area contributed by atoms with Gasteiger partial charge >= 0.3 is 0 Å². The average molecular weight is 237 g/mol. The van der Waals surface area contributed by atoms with E-state index in [0.717, 1.165) is 6.42 Å². The Hall–Kier alpha value is -1.63. The van der Waals surface area contributed by atoms with Gasteiger partial charge in [-0.1, -0.05) is 0 Å². The standard InChI is InChI=1S/C10H15N5O2/c1-4(16)5-2-6(5)15-3-12-7-8(15)13-10(11)14-9(7)17/h3-8,16H,2H2,1H3,(H3,11,13,14,17). The first-order chi connectivity index (χ1) is 8.08. The summed E-state index contributed by atoms with van der Waals surface area (Å²) in [6.45, 7) is 1.78. The summed E-state index contributed by atoms with van der Waals surface area (Å²) in [6, 6.07) is -0.284. The highest BCUT2D eigenvalue weighted by molar-refractivity contribution is 6.02. The third kappa shape index (κ3) is 1.57. The van der Waals surface area contributed by atoms with E-state index in [1.165, 1.54) is 0 Å². The number of carbonyl (C=O) groups excluding carboxylic acids is 1. The lowest BCUT2D eigenvalue weighted by Gasteiger charge is -2.28. The Morgan fingerprint density at radius 3 is 3.12 bits per heavy atom. The summed E-state index contributed by atoms with van der Waals surface area (Å²) in [7, 11) is 0. The third-order valence-electron chi connectivity index (χ3n) is 3.55. The molecule has 3 aliphatic rings. The molecule has 1 saturated carbocycles. The number of hydrogen-bond donors (Lipinski definition) is 3. The molecule has 0 saturated heterocycles. The molecule has 1 aliphatic carbocycles. The first-order valence-corrected chi connectivity index (χ1v) is 5.71. The molecule has 0 bridgehead atoms. The van der Waals surface area contributed by atoms with Gasteiger partial charge in [0.05, 0.1) is 12.4 Å². The molecule has 0 aromatic heterocycles. The van der Waals surface area contributed by atoms with E-state index in [4.69, 9.17) is 5.73 Å². The largest absolute Gasteiger partial charge is 0.393 e. The van der Waals surface area contributed by atoms with Gasteiger partial charge in [-0.3, -0.25) is 15.1 Å². The van der Waals surface area contributed by atoms with Crippen LogP contribution in [-0.2, 0) is 4.79 Å². The van der Waals surface area contributed by atoms with Crippen LogP contribution >= 0.6 is 0 Å². The summed E-state index contributed by atoms with van der Waals surface area (Å²) in [5.74, 6) is 0.165. The van der Waals surface area contributed by atoms with Crippen molar-refractivity contribution in [2.24, 2.45) is 21.6 Å². The second kappa shape index (κ2) is 3.43. The van der Waals surface area contributed by atoms with Gasteiger partial charge in [0, 0.05) is 12.0 Å². The third-order valence-corrected chi connectivity index (χ3v) is 3.55. The molecular formula is C10H15N5O2. The number of nitrogens with two attached hydrogens (primary N) is 1. The fourth-order valence-corrected chi connectivity index (χ4v) is 2.52. The van der Waals surface area contributed by atoms with Crippen LogP contribution in [0.3, 0.4) is 0 Å². The molecule has 7 heteroatoms. The maximum atomic E-state index is 11.6. The number of fused-ring (bicyclic) bond motifs is 1. The Bertz CT molecular complexity index is 419. The highest BCUT2D eigenvalue weighted by Crippen LogP contribution is 2.41. The fourth-order valence-electron chi connectivity index (χ4n) is 2.52. The quantitative estimate of drug-likeness (QED) is 0.529. The van der Waals surface area contributed by atoms with Crippen molar-refractivity contribution in [1.82, 2.24) is 10.2 Å². The first kappa shape index (κ1) is 10.5. The van der Waals surface area contributed by atoms with Crippen molar-refractivity contribution in [2.45, 2.75) is 37.7 Å². The van der Waals surface area contributed by atoms with Crippen LogP contribution in [0, 0.1) is 5.92 Å². The Balaban J connectivity index is 1.79. The van der Waals surface area contributed by atoms with Gasteiger partial charge in [0.15, 0.2) is 18.2 Å². The molecule has 0 aromatic rings. The highest BCUT2D eigenvalue weighted by Gasteiger charge is 2.51. The Morgan fingerprint density at radius 1 is 1.71 bits per heavy atom. The van der Waals surface area contributed by atoms with Crippen LogP contribution in [-0.4, -0.2) is 52.6 Å². The number of rotatable bonds is 2. The number of nitrogens with zero attached hydrogens (tertiary/aromatic N) is 3. The lowest BCUT2D eigenvalue weighted by Crippen LogP contribution is -2.54. The van der Waals surface area contributed by atoms with E-state index in [0.29, 0.717) is 0 Å². The van der Waals surface area contributed by atoms with Crippen molar-refractivity contribution in [3.63, 3.8) is 0 Å². The van der Waals surface area contributed by atoms with Crippen LogP contribution in [0.4, 0.5) is 0 Å². The number of hydrogen-bond acceptors (Lipinski definition) is 6. The highest BCUT2D eigenvalue weighted by atomic mass is 16.3. The Labute approximate surface area is 98.4 Å². The van der Waals surface area contributed by atoms with Crippen LogP contribution in [0.5, 0.6) is 0 Å². The Kier molecular flexibility index (Phi) is 2.12. The van der Waals surface area contributed by atoms with Crippen LogP contribution in [0.25, 0.3) is 0 Å². The molecule has 5 atom stereocenters. The van der Waals surface area contributed by atoms with E-state index in [2.05, 4.69) is 15.3 Å². The zero-order chi connectivity index (χ0) is 12.2. The molecule has 4 N–H and O–H groups in total. The number of aliphatic hydroxyl groups is 1. The van der Waals surface area contributed by atoms with E-state index in [-0.39, 0.29) is 36.1 Å². The van der Waals surface area contributed by atoms with E-state index >= 15 is 0 Å². The monoisotopic (exact) mass is 237 g/mol. The predicted octanol–water partition coefficient (Wildman–Crippen LogP) is -1.76.